The number of hydroxylamine groups is 2. The highest BCUT2D eigenvalue weighted by atomic mass is 16.6. The summed E-state index contributed by atoms with van der Waals surface area (Å²) in [6.07, 6.45) is 9.14. The van der Waals surface area contributed by atoms with Crippen molar-refractivity contribution >= 4 is 0 Å². The second kappa shape index (κ2) is 10.0. The molecule has 26 heavy (non-hydrogen) atoms. The first-order valence-corrected chi connectivity index (χ1v) is 10.0. The van der Waals surface area contributed by atoms with Crippen LogP contribution in [0.25, 0.3) is 0 Å². The van der Waals surface area contributed by atoms with Gasteiger partial charge in [0.05, 0.1) is 23.3 Å². The lowest BCUT2D eigenvalue weighted by Crippen LogP contribution is -2.45. The Morgan fingerprint density at radius 3 is 1.42 bits per heavy atom. The van der Waals surface area contributed by atoms with Gasteiger partial charge in [0.2, 0.25) is 0 Å². The summed E-state index contributed by atoms with van der Waals surface area (Å²) in [5.41, 5.74) is -0.588. The van der Waals surface area contributed by atoms with Gasteiger partial charge in [0, 0.05) is 0 Å². The Bertz CT molecular complexity index is 396. The lowest BCUT2D eigenvalue weighted by molar-refractivity contribution is -0.160. The summed E-state index contributed by atoms with van der Waals surface area (Å²) in [7, 11) is 0. The third kappa shape index (κ3) is 7.51. The van der Waals surface area contributed by atoms with Crippen LogP contribution in [0, 0.1) is 0 Å². The molecule has 4 heteroatoms. The molecule has 0 aromatic heterocycles. The van der Waals surface area contributed by atoms with E-state index in [2.05, 4.69) is 54.7 Å². The molecule has 1 fully saturated rings. The molecule has 1 heterocycles. The van der Waals surface area contributed by atoms with Crippen LogP contribution in [0.1, 0.15) is 80.1 Å². The predicted octanol–water partition coefficient (Wildman–Crippen LogP) is 5.51. The van der Waals surface area contributed by atoms with E-state index in [1.165, 1.54) is 5.06 Å². The van der Waals surface area contributed by atoms with E-state index in [1.54, 1.807) is 0 Å². The average Bonchev–Trinajstić information content (AvgIpc) is 2.70. The molecule has 0 saturated carbocycles. The lowest BCUT2D eigenvalue weighted by atomic mass is 9.98. The lowest BCUT2D eigenvalue weighted by Gasteiger charge is -2.35. The summed E-state index contributed by atoms with van der Waals surface area (Å²) < 4.78 is 12.9. The Hall–Kier alpha value is -0.680. The Kier molecular flexibility index (Phi) is 9.01. The minimum atomic E-state index is -0.294. The second-order valence-corrected chi connectivity index (χ2v) is 9.34. The van der Waals surface area contributed by atoms with Crippen molar-refractivity contribution in [1.29, 1.82) is 0 Å². The summed E-state index contributed by atoms with van der Waals surface area (Å²) in [5, 5.41) is 12.5. The smallest absolute Gasteiger partial charge is 0.104 e. The van der Waals surface area contributed by atoms with E-state index in [0.717, 1.165) is 38.5 Å². The molecular weight excluding hydrogens is 326 g/mol. The van der Waals surface area contributed by atoms with Crippen LogP contribution in [0.5, 0.6) is 0 Å². The number of hydrogen-bond acceptors (Lipinski definition) is 4. The van der Waals surface area contributed by atoms with Crippen molar-refractivity contribution in [3.63, 3.8) is 0 Å². The number of nitrogens with zero attached hydrogens (tertiary/aromatic N) is 1. The Morgan fingerprint density at radius 2 is 1.15 bits per heavy atom. The van der Waals surface area contributed by atoms with E-state index in [0.29, 0.717) is 0 Å². The van der Waals surface area contributed by atoms with E-state index in [-0.39, 0.29) is 35.5 Å². The fourth-order valence-corrected chi connectivity index (χ4v) is 3.63. The summed E-state index contributed by atoms with van der Waals surface area (Å²) in [6, 6.07) is -0.120. The first kappa shape index (κ1) is 23.4. The molecule has 0 aliphatic carbocycles. The summed E-state index contributed by atoms with van der Waals surface area (Å²) in [4.78, 5) is 0. The van der Waals surface area contributed by atoms with Crippen molar-refractivity contribution in [2.45, 2.75) is 116 Å². The average molecular weight is 368 g/mol. The van der Waals surface area contributed by atoms with Gasteiger partial charge >= 0.3 is 0 Å². The standard InChI is InChI=1S/C22H41NO3/c1-9-11-13-15-17-19(25-21(3,4)5)20(26-22(6,7)8)18(23(17)24)16-14-12-10-2/h9-10,17-20,24H,1-2,11-16H2,3-8H3/t17-,18-,19-,20-/m0/s1. The van der Waals surface area contributed by atoms with Crippen LogP contribution in [-0.2, 0) is 9.47 Å². The van der Waals surface area contributed by atoms with Gasteiger partial charge in [0.25, 0.3) is 0 Å². The third-order valence-corrected chi connectivity index (χ3v) is 4.56. The van der Waals surface area contributed by atoms with E-state index < -0.39 is 0 Å². The SMILES string of the molecule is C=CCCC[C@H]1[C@H](OC(C)(C)C)[C@@H](OC(C)(C)C)[C@H](CCCC=C)N1O. The first-order chi connectivity index (χ1) is 12.0. The molecule has 1 aliphatic rings. The molecule has 0 unspecified atom stereocenters. The molecular formula is C22H41NO3. The van der Waals surface area contributed by atoms with Gasteiger partial charge in [-0.3, -0.25) is 0 Å². The van der Waals surface area contributed by atoms with Crippen molar-refractivity contribution in [3.8, 4) is 0 Å². The van der Waals surface area contributed by atoms with Crippen LogP contribution in [0.4, 0.5) is 0 Å². The van der Waals surface area contributed by atoms with E-state index in [9.17, 15) is 5.21 Å². The van der Waals surface area contributed by atoms with Crippen LogP contribution < -0.4 is 0 Å². The van der Waals surface area contributed by atoms with Gasteiger partial charge in [-0.15, -0.1) is 13.2 Å². The van der Waals surface area contributed by atoms with Crippen molar-refractivity contribution in [2.24, 2.45) is 0 Å². The molecule has 152 valence electrons. The molecule has 4 atom stereocenters. The van der Waals surface area contributed by atoms with Gasteiger partial charge in [-0.05, 0) is 80.1 Å². The number of rotatable bonds is 10. The zero-order valence-corrected chi connectivity index (χ0v) is 17.8. The second-order valence-electron chi connectivity index (χ2n) is 9.34. The quantitative estimate of drug-likeness (QED) is 0.408. The molecule has 0 bridgehead atoms. The van der Waals surface area contributed by atoms with Crippen molar-refractivity contribution in [2.75, 3.05) is 0 Å². The van der Waals surface area contributed by atoms with Crippen LogP contribution in [0.15, 0.2) is 25.3 Å². The molecule has 0 aromatic carbocycles. The van der Waals surface area contributed by atoms with Gasteiger partial charge in [-0.2, -0.15) is 5.06 Å². The van der Waals surface area contributed by atoms with Gasteiger partial charge in [0.1, 0.15) is 12.2 Å². The minimum absolute atomic E-state index is 0.0599. The molecule has 0 radical (unpaired) electrons. The molecule has 1 saturated heterocycles. The van der Waals surface area contributed by atoms with Crippen molar-refractivity contribution < 1.29 is 14.7 Å². The zero-order chi connectivity index (χ0) is 20.0. The van der Waals surface area contributed by atoms with E-state index >= 15 is 0 Å². The minimum Gasteiger partial charge on any atom is -0.368 e. The summed E-state index contributed by atoms with van der Waals surface area (Å²) in [5.74, 6) is 0. The molecule has 1 N–H and O–H groups in total. The first-order valence-electron chi connectivity index (χ1n) is 10.0. The summed E-state index contributed by atoms with van der Waals surface area (Å²) >= 11 is 0. The maximum atomic E-state index is 11.0. The van der Waals surface area contributed by atoms with Gasteiger partial charge in [-0.1, -0.05) is 12.2 Å². The van der Waals surface area contributed by atoms with Crippen LogP contribution in [-0.4, -0.2) is 45.8 Å². The van der Waals surface area contributed by atoms with Crippen molar-refractivity contribution in [3.05, 3.63) is 25.3 Å². The zero-order valence-electron chi connectivity index (χ0n) is 17.8. The van der Waals surface area contributed by atoms with Crippen LogP contribution >= 0.6 is 0 Å². The maximum Gasteiger partial charge on any atom is 0.104 e. The largest absolute Gasteiger partial charge is 0.368 e. The Labute approximate surface area is 161 Å². The highest BCUT2D eigenvalue weighted by Crippen LogP contribution is 2.37. The number of hydrogen-bond donors (Lipinski definition) is 1. The normalized spacial score (nSPS) is 27.7. The van der Waals surface area contributed by atoms with Gasteiger partial charge < -0.3 is 14.7 Å². The van der Waals surface area contributed by atoms with Crippen LogP contribution in [0.3, 0.4) is 0 Å². The molecule has 0 amide bonds. The topological polar surface area (TPSA) is 41.9 Å². The highest BCUT2D eigenvalue weighted by molar-refractivity contribution is 5.01. The predicted molar refractivity (Wildman–Crippen MR) is 109 cm³/mol. The molecule has 1 rings (SSSR count). The Balaban J connectivity index is 3.08. The van der Waals surface area contributed by atoms with E-state index in [4.69, 9.17) is 9.47 Å². The van der Waals surface area contributed by atoms with Gasteiger partial charge in [0.15, 0.2) is 0 Å². The Morgan fingerprint density at radius 1 is 0.808 bits per heavy atom. The fourth-order valence-electron chi connectivity index (χ4n) is 3.63. The van der Waals surface area contributed by atoms with Gasteiger partial charge in [-0.25, -0.2) is 0 Å². The number of allylic oxidation sites excluding steroid dienone is 2. The number of unbranched alkanes of at least 4 members (excludes halogenated alkanes) is 2. The monoisotopic (exact) mass is 367 g/mol. The third-order valence-electron chi connectivity index (χ3n) is 4.56. The molecule has 4 nitrogen and oxygen atoms in total. The van der Waals surface area contributed by atoms with E-state index in [1.807, 2.05) is 12.2 Å². The maximum absolute atomic E-state index is 11.0. The summed E-state index contributed by atoms with van der Waals surface area (Å²) in [6.45, 7) is 20.0. The highest BCUT2D eigenvalue weighted by Gasteiger charge is 2.51. The van der Waals surface area contributed by atoms with Crippen LogP contribution in [0.2, 0.25) is 0 Å². The molecule has 1 aliphatic heterocycles. The molecule has 0 spiro atoms. The fraction of sp³-hybridized carbons (Fsp3) is 0.818. The number of ether oxygens (including phenoxy) is 2. The van der Waals surface area contributed by atoms with Crippen molar-refractivity contribution in [1.82, 2.24) is 5.06 Å². The molecule has 0 aromatic rings.